The van der Waals surface area contributed by atoms with Crippen molar-refractivity contribution in [2.75, 3.05) is 11.6 Å². The number of halogens is 3. The molecule has 0 aliphatic carbocycles. The van der Waals surface area contributed by atoms with Gasteiger partial charge in [-0.05, 0) is 25.3 Å². The Balaban J connectivity index is 2.03. The third-order valence-electron chi connectivity index (χ3n) is 2.48. The number of rotatable bonds is 5. The highest BCUT2D eigenvalue weighted by Crippen LogP contribution is 2.34. The minimum atomic E-state index is -0.354. The van der Waals surface area contributed by atoms with Gasteiger partial charge in [0.15, 0.2) is 8.68 Å². The van der Waals surface area contributed by atoms with Crippen molar-refractivity contribution >= 4 is 81.3 Å². The minimum absolute atomic E-state index is 0.203. The van der Waals surface area contributed by atoms with E-state index in [1.54, 1.807) is 6.92 Å². The van der Waals surface area contributed by atoms with Crippen molar-refractivity contribution in [3.05, 3.63) is 27.2 Å². The van der Waals surface area contributed by atoms with Gasteiger partial charge in [-0.2, -0.15) is 0 Å². The number of aromatic nitrogens is 2. The summed E-state index contributed by atoms with van der Waals surface area (Å²) in [4.78, 5) is 12.2. The number of hydrogen-bond acceptors (Lipinski definition) is 6. The van der Waals surface area contributed by atoms with Crippen LogP contribution in [0, 0.1) is 0 Å². The predicted molar refractivity (Wildman–Crippen MR) is 97.1 cm³/mol. The van der Waals surface area contributed by atoms with Crippen LogP contribution < -0.4 is 5.32 Å². The van der Waals surface area contributed by atoms with E-state index in [1.165, 1.54) is 47.0 Å². The van der Waals surface area contributed by atoms with Crippen molar-refractivity contribution in [3.63, 3.8) is 0 Å². The second kappa shape index (κ2) is 8.08. The molecule has 1 aromatic heterocycles. The summed E-state index contributed by atoms with van der Waals surface area (Å²) in [5.74, 6) is -0.203. The molecule has 10 heteroatoms. The molecule has 1 unspecified atom stereocenters. The topological polar surface area (TPSA) is 54.9 Å². The Morgan fingerprint density at radius 3 is 2.45 bits per heavy atom. The van der Waals surface area contributed by atoms with Crippen LogP contribution in [-0.4, -0.2) is 27.6 Å². The van der Waals surface area contributed by atoms with E-state index in [0.717, 1.165) is 8.68 Å². The SMILES string of the molecule is CSc1nnc(SC(C)C(=O)Nc2cc(Cl)c(Cl)cc2Cl)s1. The van der Waals surface area contributed by atoms with Crippen LogP contribution in [0.15, 0.2) is 20.8 Å². The number of thioether (sulfide) groups is 2. The maximum Gasteiger partial charge on any atom is 0.237 e. The molecule has 0 radical (unpaired) electrons. The molecule has 0 bridgehead atoms. The zero-order valence-electron chi connectivity index (χ0n) is 11.4. The Kier molecular flexibility index (Phi) is 6.67. The number of nitrogens with zero attached hydrogens (tertiary/aromatic N) is 2. The molecule has 1 N–H and O–H groups in total. The van der Waals surface area contributed by atoms with Gasteiger partial charge in [0.05, 0.1) is 26.0 Å². The summed E-state index contributed by atoms with van der Waals surface area (Å²) in [6.07, 6.45) is 1.93. The standard InChI is InChI=1S/C12H10Cl3N3OS3/c1-5(21-12-18-17-11(20-2)22-12)10(19)16-9-4-7(14)6(13)3-8(9)15/h3-5H,1-2H3,(H,16,19). The summed E-state index contributed by atoms with van der Waals surface area (Å²) in [6, 6.07) is 3.02. The molecule has 0 saturated carbocycles. The molecular formula is C12H10Cl3N3OS3. The second-order valence-corrected chi connectivity index (χ2v) is 8.87. The van der Waals surface area contributed by atoms with Gasteiger partial charge in [0, 0.05) is 0 Å². The van der Waals surface area contributed by atoms with Crippen LogP contribution in [0.25, 0.3) is 0 Å². The molecule has 0 saturated heterocycles. The summed E-state index contributed by atoms with van der Waals surface area (Å²) in [6.45, 7) is 1.78. The largest absolute Gasteiger partial charge is 0.324 e. The first-order chi connectivity index (χ1) is 10.4. The molecule has 0 fully saturated rings. The monoisotopic (exact) mass is 413 g/mol. The average molecular weight is 415 g/mol. The van der Waals surface area contributed by atoms with E-state index in [4.69, 9.17) is 34.8 Å². The Bertz CT molecular complexity index is 695. The van der Waals surface area contributed by atoms with Gasteiger partial charge in [-0.15, -0.1) is 10.2 Å². The quantitative estimate of drug-likeness (QED) is 0.528. The van der Waals surface area contributed by atoms with Gasteiger partial charge in [-0.25, -0.2) is 0 Å². The van der Waals surface area contributed by atoms with Crippen LogP contribution in [0.3, 0.4) is 0 Å². The lowest BCUT2D eigenvalue weighted by atomic mass is 10.3. The second-order valence-electron chi connectivity index (χ2n) is 4.03. The van der Waals surface area contributed by atoms with Crippen LogP contribution in [0.2, 0.25) is 15.1 Å². The fourth-order valence-corrected chi connectivity index (χ4v) is 4.56. The predicted octanol–water partition coefficient (Wildman–Crippen LogP) is 5.34. The number of hydrogen-bond donors (Lipinski definition) is 1. The molecule has 0 aliphatic heterocycles. The highest BCUT2D eigenvalue weighted by atomic mass is 35.5. The fourth-order valence-electron chi connectivity index (χ4n) is 1.38. The van der Waals surface area contributed by atoms with Gasteiger partial charge < -0.3 is 5.32 Å². The third-order valence-corrected chi connectivity index (χ3v) is 6.60. The summed E-state index contributed by atoms with van der Waals surface area (Å²) in [5, 5.41) is 11.4. The lowest BCUT2D eigenvalue weighted by Crippen LogP contribution is -2.22. The third kappa shape index (κ3) is 4.66. The Morgan fingerprint density at radius 1 is 1.18 bits per heavy atom. The smallest absolute Gasteiger partial charge is 0.237 e. The molecule has 0 aliphatic rings. The summed E-state index contributed by atoms with van der Waals surface area (Å²) >= 11 is 22.1. The Morgan fingerprint density at radius 2 is 1.82 bits per heavy atom. The van der Waals surface area contributed by atoms with E-state index in [0.29, 0.717) is 20.8 Å². The zero-order chi connectivity index (χ0) is 16.3. The first-order valence-electron chi connectivity index (χ1n) is 5.90. The lowest BCUT2D eigenvalue weighted by molar-refractivity contribution is -0.115. The molecule has 1 heterocycles. The normalized spacial score (nSPS) is 12.2. The minimum Gasteiger partial charge on any atom is -0.324 e. The van der Waals surface area contributed by atoms with Crippen LogP contribution in [0.5, 0.6) is 0 Å². The Labute approximate surface area is 155 Å². The van der Waals surface area contributed by atoms with Crippen molar-refractivity contribution in [2.24, 2.45) is 0 Å². The molecule has 4 nitrogen and oxygen atoms in total. The molecule has 2 aromatic rings. The van der Waals surface area contributed by atoms with E-state index in [-0.39, 0.29) is 11.2 Å². The van der Waals surface area contributed by atoms with Crippen molar-refractivity contribution in [3.8, 4) is 0 Å². The van der Waals surface area contributed by atoms with Gasteiger partial charge >= 0.3 is 0 Å². The number of carbonyl (C=O) groups excluding carboxylic acids is 1. The number of carbonyl (C=O) groups is 1. The van der Waals surface area contributed by atoms with Crippen LogP contribution in [0.4, 0.5) is 5.69 Å². The summed E-state index contributed by atoms with van der Waals surface area (Å²) in [7, 11) is 0. The van der Waals surface area contributed by atoms with Crippen molar-refractivity contribution in [1.82, 2.24) is 10.2 Å². The first-order valence-corrected chi connectivity index (χ1v) is 9.95. The van der Waals surface area contributed by atoms with Crippen LogP contribution >= 0.6 is 69.7 Å². The Hall–Kier alpha value is -0.180. The maximum atomic E-state index is 12.2. The van der Waals surface area contributed by atoms with Gasteiger partial charge in [-0.3, -0.25) is 4.79 Å². The van der Waals surface area contributed by atoms with Gasteiger partial charge in [-0.1, -0.05) is 69.7 Å². The molecule has 118 valence electrons. The molecule has 1 aromatic carbocycles. The van der Waals surface area contributed by atoms with E-state index >= 15 is 0 Å². The molecule has 2 rings (SSSR count). The number of benzene rings is 1. The number of amides is 1. The van der Waals surface area contributed by atoms with E-state index in [9.17, 15) is 4.79 Å². The first kappa shape index (κ1) is 18.2. The van der Waals surface area contributed by atoms with Crippen LogP contribution in [-0.2, 0) is 4.79 Å². The van der Waals surface area contributed by atoms with Crippen LogP contribution in [0.1, 0.15) is 6.92 Å². The fraction of sp³-hybridized carbons (Fsp3) is 0.250. The van der Waals surface area contributed by atoms with Gasteiger partial charge in [0.2, 0.25) is 5.91 Å². The van der Waals surface area contributed by atoms with Gasteiger partial charge in [0.1, 0.15) is 0 Å². The average Bonchev–Trinajstić information content (AvgIpc) is 2.92. The molecular weight excluding hydrogens is 405 g/mol. The molecule has 1 amide bonds. The molecule has 1 atom stereocenters. The van der Waals surface area contributed by atoms with E-state index in [2.05, 4.69) is 15.5 Å². The highest BCUT2D eigenvalue weighted by Gasteiger charge is 2.18. The molecule has 0 spiro atoms. The summed E-state index contributed by atoms with van der Waals surface area (Å²) in [5.41, 5.74) is 0.426. The lowest BCUT2D eigenvalue weighted by Gasteiger charge is -2.12. The number of nitrogens with one attached hydrogen (secondary N) is 1. The maximum absolute atomic E-state index is 12.2. The van der Waals surface area contributed by atoms with Crippen molar-refractivity contribution in [1.29, 1.82) is 0 Å². The summed E-state index contributed by atoms with van der Waals surface area (Å²) < 4.78 is 1.61. The molecule has 22 heavy (non-hydrogen) atoms. The number of anilines is 1. The van der Waals surface area contributed by atoms with E-state index < -0.39 is 0 Å². The van der Waals surface area contributed by atoms with E-state index in [1.807, 2.05) is 6.26 Å². The van der Waals surface area contributed by atoms with Crippen molar-refractivity contribution < 1.29 is 4.79 Å². The van der Waals surface area contributed by atoms with Crippen molar-refractivity contribution in [2.45, 2.75) is 20.9 Å². The highest BCUT2D eigenvalue weighted by molar-refractivity contribution is 8.03. The zero-order valence-corrected chi connectivity index (χ0v) is 16.1. The van der Waals surface area contributed by atoms with Gasteiger partial charge in [0.25, 0.3) is 0 Å².